The van der Waals surface area contributed by atoms with Gasteiger partial charge in [0.25, 0.3) is 0 Å². The SMILES string of the molecule is COCCCN1CCOc2ccc(CO[C@H]3CN(S(=O)(=O)c4ccc(C)cc4)[C@@H](CC(C)(C)C(=O)O)C[C@@H]3c3ccc(COC[C@@H](C)COC)cc3)cc21. The molecular weight excluding hydrogens is 709 g/mol. The van der Waals surface area contributed by atoms with Crippen molar-refractivity contribution in [2.24, 2.45) is 11.3 Å². The zero-order valence-corrected chi connectivity index (χ0v) is 33.5. The van der Waals surface area contributed by atoms with E-state index >= 15 is 0 Å². The van der Waals surface area contributed by atoms with Gasteiger partial charge >= 0.3 is 5.97 Å². The Labute approximate surface area is 321 Å². The number of anilines is 1. The van der Waals surface area contributed by atoms with Crippen LogP contribution in [0.5, 0.6) is 5.75 Å². The molecule has 2 heterocycles. The Kier molecular flexibility index (Phi) is 14.6. The van der Waals surface area contributed by atoms with Crippen molar-refractivity contribution in [3.05, 3.63) is 89.0 Å². The summed E-state index contributed by atoms with van der Waals surface area (Å²) in [5.74, 6) is -0.0643. The molecule has 12 heteroatoms. The summed E-state index contributed by atoms with van der Waals surface area (Å²) in [6, 6.07) is 20.5. The van der Waals surface area contributed by atoms with Gasteiger partial charge in [0, 0.05) is 51.8 Å². The van der Waals surface area contributed by atoms with Crippen molar-refractivity contribution in [3.63, 3.8) is 0 Å². The summed E-state index contributed by atoms with van der Waals surface area (Å²) in [6.45, 7) is 12.2. The van der Waals surface area contributed by atoms with Crippen LogP contribution < -0.4 is 9.64 Å². The van der Waals surface area contributed by atoms with E-state index in [1.54, 1.807) is 52.3 Å². The fourth-order valence-electron chi connectivity index (χ4n) is 7.35. The molecule has 0 saturated carbocycles. The molecule has 0 spiro atoms. The molecule has 1 N–H and O–H groups in total. The summed E-state index contributed by atoms with van der Waals surface area (Å²) in [5, 5.41) is 10.2. The van der Waals surface area contributed by atoms with Crippen molar-refractivity contribution >= 4 is 21.7 Å². The van der Waals surface area contributed by atoms with Crippen LogP contribution in [0.4, 0.5) is 5.69 Å². The van der Waals surface area contributed by atoms with Crippen LogP contribution in [0.25, 0.3) is 0 Å². The van der Waals surface area contributed by atoms with E-state index in [0.717, 1.165) is 53.2 Å². The lowest BCUT2D eigenvalue weighted by molar-refractivity contribution is -0.148. The van der Waals surface area contributed by atoms with E-state index in [9.17, 15) is 18.3 Å². The standard InChI is InChI=1S/C42H58N2O9S/c1-30-8-15-36(16-9-30)54(47,48)44-25-40(53-29-33-12-17-39-38(22-33)43(19-21-52-39)18-7-20-49-5)37(23-35(44)24-42(3,4)41(45)46)34-13-10-32(11-14-34)28-51-27-31(2)26-50-6/h8-17,22,31,35,37,40H,7,18-21,23-29H2,1-6H3,(H,45,46)/t31-,35+,37+,40-/m0/s1. The first kappa shape index (κ1) is 41.6. The minimum absolute atomic E-state index is 0.0701. The smallest absolute Gasteiger partial charge is 0.309 e. The Bertz CT molecular complexity index is 1770. The number of hydrogen-bond donors (Lipinski definition) is 1. The number of carboxylic acid groups (broad SMARTS) is 1. The molecule has 3 aromatic rings. The van der Waals surface area contributed by atoms with Gasteiger partial charge in [0.05, 0.1) is 55.1 Å². The molecule has 0 radical (unpaired) electrons. The molecule has 1 saturated heterocycles. The Balaban J connectivity index is 1.45. The first-order valence-electron chi connectivity index (χ1n) is 18.9. The maximum absolute atomic E-state index is 14.4. The van der Waals surface area contributed by atoms with Crippen LogP contribution in [-0.2, 0) is 47.0 Å². The summed E-state index contributed by atoms with van der Waals surface area (Å²) in [4.78, 5) is 14.9. The molecule has 5 rings (SSSR count). The van der Waals surface area contributed by atoms with E-state index in [-0.39, 0.29) is 36.3 Å². The average Bonchev–Trinajstić information content (AvgIpc) is 3.14. The van der Waals surface area contributed by atoms with Gasteiger partial charge in [0.1, 0.15) is 12.4 Å². The molecule has 54 heavy (non-hydrogen) atoms. The van der Waals surface area contributed by atoms with Crippen molar-refractivity contribution < 1.29 is 42.0 Å². The highest BCUT2D eigenvalue weighted by atomic mass is 32.2. The van der Waals surface area contributed by atoms with Crippen LogP contribution in [0.2, 0.25) is 0 Å². The number of carbonyl (C=O) groups is 1. The molecule has 0 amide bonds. The molecule has 0 bridgehead atoms. The number of methoxy groups -OCH3 is 2. The first-order valence-corrected chi connectivity index (χ1v) is 20.3. The Hall–Kier alpha value is -3.52. The van der Waals surface area contributed by atoms with Gasteiger partial charge in [-0.15, -0.1) is 0 Å². The number of sulfonamides is 1. The van der Waals surface area contributed by atoms with Crippen molar-refractivity contribution in [3.8, 4) is 5.75 Å². The second-order valence-corrected chi connectivity index (χ2v) is 17.3. The highest BCUT2D eigenvalue weighted by molar-refractivity contribution is 7.89. The lowest BCUT2D eigenvalue weighted by Gasteiger charge is -2.45. The molecular formula is C42H58N2O9S. The summed E-state index contributed by atoms with van der Waals surface area (Å²) in [7, 11) is -0.615. The van der Waals surface area contributed by atoms with E-state index in [1.807, 2.05) is 31.2 Å². The summed E-state index contributed by atoms with van der Waals surface area (Å²) in [6.07, 6.45) is 0.911. The first-order chi connectivity index (χ1) is 25.8. The van der Waals surface area contributed by atoms with Crippen LogP contribution >= 0.6 is 0 Å². The lowest BCUT2D eigenvalue weighted by atomic mass is 9.77. The summed E-state index contributed by atoms with van der Waals surface area (Å²) < 4.78 is 59.6. The zero-order valence-electron chi connectivity index (χ0n) is 32.7. The predicted molar refractivity (Wildman–Crippen MR) is 209 cm³/mol. The topological polar surface area (TPSA) is 124 Å². The van der Waals surface area contributed by atoms with Crippen molar-refractivity contribution in [1.29, 1.82) is 0 Å². The van der Waals surface area contributed by atoms with Gasteiger partial charge in [-0.1, -0.05) is 55.0 Å². The third-order valence-corrected chi connectivity index (χ3v) is 12.4. The molecule has 1 fully saturated rings. The minimum Gasteiger partial charge on any atom is -0.490 e. The third-order valence-electron chi connectivity index (χ3n) is 10.4. The number of nitrogens with zero attached hydrogens (tertiary/aromatic N) is 2. The van der Waals surface area contributed by atoms with Gasteiger partial charge in [0.15, 0.2) is 0 Å². The number of hydrogen-bond acceptors (Lipinski definition) is 9. The molecule has 2 aliphatic rings. The van der Waals surface area contributed by atoms with Gasteiger partial charge in [-0.2, -0.15) is 4.31 Å². The number of piperidine rings is 1. The maximum atomic E-state index is 14.4. The van der Waals surface area contributed by atoms with Crippen molar-refractivity contribution in [2.75, 3.05) is 65.2 Å². The monoisotopic (exact) mass is 766 g/mol. The van der Waals surface area contributed by atoms with Gasteiger partial charge in [-0.25, -0.2) is 8.42 Å². The summed E-state index contributed by atoms with van der Waals surface area (Å²) in [5.41, 5.74) is 3.77. The molecule has 4 atom stereocenters. The quantitative estimate of drug-likeness (QED) is 0.133. The van der Waals surface area contributed by atoms with Gasteiger partial charge < -0.3 is 33.7 Å². The number of aryl methyl sites for hydroxylation is 1. The lowest BCUT2D eigenvalue weighted by Crippen LogP contribution is -2.53. The van der Waals surface area contributed by atoms with Crippen molar-refractivity contribution in [2.45, 2.75) is 83.1 Å². The highest BCUT2D eigenvalue weighted by Gasteiger charge is 2.46. The molecule has 0 aromatic heterocycles. The van der Waals surface area contributed by atoms with Crippen LogP contribution in [0.1, 0.15) is 68.2 Å². The second kappa shape index (κ2) is 18.9. The Morgan fingerprint density at radius 3 is 2.39 bits per heavy atom. The fraction of sp³-hybridized carbons (Fsp3) is 0.548. The highest BCUT2D eigenvalue weighted by Crippen LogP contribution is 2.41. The second-order valence-electron chi connectivity index (χ2n) is 15.4. The summed E-state index contributed by atoms with van der Waals surface area (Å²) >= 11 is 0. The van der Waals surface area contributed by atoms with Gasteiger partial charge in [-0.05, 0) is 81.0 Å². The van der Waals surface area contributed by atoms with E-state index in [1.165, 1.54) is 4.31 Å². The van der Waals surface area contributed by atoms with Crippen LogP contribution in [0, 0.1) is 18.3 Å². The van der Waals surface area contributed by atoms with E-state index in [0.29, 0.717) is 39.5 Å². The molecule has 296 valence electrons. The molecule has 0 aliphatic carbocycles. The minimum atomic E-state index is -4.00. The van der Waals surface area contributed by atoms with Gasteiger partial charge in [0.2, 0.25) is 10.0 Å². The zero-order chi connectivity index (χ0) is 38.9. The molecule has 3 aromatic carbocycles. The van der Waals surface area contributed by atoms with Gasteiger partial charge in [-0.3, -0.25) is 4.79 Å². The molecule has 11 nitrogen and oxygen atoms in total. The average molecular weight is 767 g/mol. The maximum Gasteiger partial charge on any atom is 0.309 e. The Morgan fingerprint density at radius 1 is 0.981 bits per heavy atom. The van der Waals surface area contributed by atoms with Crippen molar-refractivity contribution in [1.82, 2.24) is 4.31 Å². The number of aliphatic carboxylic acids is 1. The number of rotatable bonds is 19. The predicted octanol–water partition coefficient (Wildman–Crippen LogP) is 6.66. The third kappa shape index (κ3) is 10.6. The fourth-order valence-corrected chi connectivity index (χ4v) is 9.00. The Morgan fingerprint density at radius 2 is 1.70 bits per heavy atom. The largest absolute Gasteiger partial charge is 0.490 e. The molecule has 2 aliphatic heterocycles. The normalized spacial score (nSPS) is 20.0. The number of fused-ring (bicyclic) bond motifs is 1. The number of carboxylic acids is 1. The van der Waals surface area contributed by atoms with E-state index < -0.39 is 33.6 Å². The van der Waals surface area contributed by atoms with Crippen LogP contribution in [0.3, 0.4) is 0 Å². The van der Waals surface area contributed by atoms with Crippen LogP contribution in [0.15, 0.2) is 71.6 Å². The molecule has 0 unspecified atom stereocenters. The van der Waals surface area contributed by atoms with E-state index in [4.69, 9.17) is 23.7 Å². The van der Waals surface area contributed by atoms with E-state index in [2.05, 4.69) is 30.0 Å². The number of ether oxygens (including phenoxy) is 5. The van der Waals surface area contributed by atoms with Crippen LogP contribution in [-0.4, -0.2) is 96.2 Å². The number of benzene rings is 3.